The van der Waals surface area contributed by atoms with Crippen LogP contribution in [0.4, 0.5) is 0 Å². The minimum atomic E-state index is -4.08. The quantitative estimate of drug-likeness (QED) is 0.611. The first-order chi connectivity index (χ1) is 12.9. The van der Waals surface area contributed by atoms with E-state index in [0.717, 1.165) is 0 Å². The number of hydrogen-bond donors (Lipinski definition) is 2. The summed E-state index contributed by atoms with van der Waals surface area (Å²) in [5.41, 5.74) is 2.08. The topological polar surface area (TPSA) is 112 Å². The lowest BCUT2D eigenvalue weighted by atomic mass is 10.3. The smallest absolute Gasteiger partial charge is 0.272 e. The van der Waals surface area contributed by atoms with Crippen molar-refractivity contribution in [3.05, 3.63) is 42.5 Å². The highest BCUT2D eigenvalue weighted by Crippen LogP contribution is 2.27. The van der Waals surface area contributed by atoms with Gasteiger partial charge in [-0.15, -0.1) is 4.83 Å². The Morgan fingerprint density at radius 1 is 0.889 bits per heavy atom. The van der Waals surface area contributed by atoms with Gasteiger partial charge in [-0.25, -0.2) is 8.42 Å². The number of hydrogen-bond acceptors (Lipinski definition) is 7. The molecule has 0 fully saturated rings. The minimum absolute atomic E-state index is 0.104. The molecule has 2 N–H and O–H groups in total. The average Bonchev–Trinajstić information content (AvgIpc) is 2.70. The lowest BCUT2D eigenvalue weighted by molar-refractivity contribution is -0.123. The monoisotopic (exact) mass is 396 g/mol. The summed E-state index contributed by atoms with van der Waals surface area (Å²) in [6.45, 7) is -0.385. The third kappa shape index (κ3) is 5.50. The normalized spacial score (nSPS) is 10.8. The van der Waals surface area contributed by atoms with Crippen LogP contribution in [-0.4, -0.2) is 42.3 Å². The summed E-state index contributed by atoms with van der Waals surface area (Å²) in [7, 11) is 0.195. The Kier molecular flexibility index (Phi) is 6.85. The van der Waals surface area contributed by atoms with E-state index in [2.05, 4.69) is 5.43 Å². The number of methoxy groups -OCH3 is 3. The van der Waals surface area contributed by atoms with Gasteiger partial charge in [-0.1, -0.05) is 0 Å². The van der Waals surface area contributed by atoms with Gasteiger partial charge in [0.1, 0.15) is 27.9 Å². The maximum Gasteiger partial charge on any atom is 0.272 e. The van der Waals surface area contributed by atoms with Gasteiger partial charge in [0.05, 0.1) is 21.3 Å². The molecule has 2 aromatic rings. The van der Waals surface area contributed by atoms with Crippen LogP contribution >= 0.6 is 0 Å². The van der Waals surface area contributed by atoms with Gasteiger partial charge < -0.3 is 18.9 Å². The molecule has 0 aliphatic carbocycles. The van der Waals surface area contributed by atoms with Crippen LogP contribution in [0.15, 0.2) is 47.4 Å². The van der Waals surface area contributed by atoms with Gasteiger partial charge in [-0.3, -0.25) is 10.2 Å². The van der Waals surface area contributed by atoms with Crippen LogP contribution in [0, 0.1) is 0 Å². The fourth-order valence-electron chi connectivity index (χ4n) is 2.03. The summed E-state index contributed by atoms with van der Waals surface area (Å²) in [4.78, 5) is 13.7. The van der Waals surface area contributed by atoms with E-state index in [-0.39, 0.29) is 17.3 Å². The molecule has 0 aliphatic heterocycles. The van der Waals surface area contributed by atoms with E-state index in [0.29, 0.717) is 17.2 Å². The van der Waals surface area contributed by atoms with E-state index in [1.165, 1.54) is 33.5 Å². The molecule has 0 atom stereocenters. The molecule has 0 aromatic heterocycles. The summed E-state index contributed by atoms with van der Waals surface area (Å²) >= 11 is 0. The Morgan fingerprint density at radius 2 is 1.48 bits per heavy atom. The van der Waals surface area contributed by atoms with E-state index >= 15 is 0 Å². The molecular weight excluding hydrogens is 376 g/mol. The molecular formula is C17H20N2O7S. The fourth-order valence-corrected chi connectivity index (χ4v) is 3.08. The van der Waals surface area contributed by atoms with Gasteiger partial charge >= 0.3 is 0 Å². The molecule has 0 saturated heterocycles. The van der Waals surface area contributed by atoms with Crippen LogP contribution < -0.4 is 29.2 Å². The molecule has 1 amide bonds. The Morgan fingerprint density at radius 3 is 2.07 bits per heavy atom. The van der Waals surface area contributed by atoms with Gasteiger partial charge in [-0.2, -0.15) is 0 Å². The van der Waals surface area contributed by atoms with Crippen LogP contribution in [0.5, 0.6) is 23.0 Å². The highest BCUT2D eigenvalue weighted by atomic mass is 32.2. The second-order valence-corrected chi connectivity index (χ2v) is 6.79. The van der Waals surface area contributed by atoms with Gasteiger partial charge in [-0.05, 0) is 36.4 Å². The van der Waals surface area contributed by atoms with Crippen molar-refractivity contribution in [3.63, 3.8) is 0 Å². The number of amides is 1. The zero-order valence-electron chi connectivity index (χ0n) is 15.0. The summed E-state index contributed by atoms with van der Waals surface area (Å²) < 4.78 is 45.2. The molecule has 2 rings (SSSR count). The number of hydrazine groups is 1. The fraction of sp³-hybridized carbons (Fsp3) is 0.235. The largest absolute Gasteiger partial charge is 0.497 e. The average molecular weight is 396 g/mol. The van der Waals surface area contributed by atoms with Crippen molar-refractivity contribution in [1.82, 2.24) is 10.3 Å². The van der Waals surface area contributed by atoms with Crippen molar-refractivity contribution < 1.29 is 32.2 Å². The maximum absolute atomic E-state index is 12.4. The first-order valence-corrected chi connectivity index (χ1v) is 9.17. The van der Waals surface area contributed by atoms with Crippen LogP contribution in [0.1, 0.15) is 0 Å². The van der Waals surface area contributed by atoms with E-state index in [1.807, 2.05) is 4.83 Å². The summed E-state index contributed by atoms with van der Waals surface area (Å²) in [6, 6.07) is 10.9. The first-order valence-electron chi connectivity index (χ1n) is 7.69. The molecule has 9 nitrogen and oxygen atoms in total. The van der Waals surface area contributed by atoms with Crippen molar-refractivity contribution in [3.8, 4) is 23.0 Å². The van der Waals surface area contributed by atoms with E-state index in [4.69, 9.17) is 18.9 Å². The maximum atomic E-state index is 12.4. The third-order valence-corrected chi connectivity index (χ3v) is 4.68. The summed E-state index contributed by atoms with van der Waals surface area (Å²) in [6.07, 6.45) is 0. The lowest BCUT2D eigenvalue weighted by Gasteiger charge is -2.13. The van der Waals surface area contributed by atoms with Crippen LogP contribution in [-0.2, 0) is 14.8 Å². The van der Waals surface area contributed by atoms with Gasteiger partial charge in [0.25, 0.3) is 15.9 Å². The van der Waals surface area contributed by atoms with Crippen LogP contribution in [0.3, 0.4) is 0 Å². The molecule has 0 radical (unpaired) electrons. The minimum Gasteiger partial charge on any atom is -0.497 e. The summed E-state index contributed by atoms with van der Waals surface area (Å²) in [5, 5.41) is 0. The van der Waals surface area contributed by atoms with Gasteiger partial charge in [0, 0.05) is 6.07 Å². The molecule has 0 heterocycles. The number of ether oxygens (including phenoxy) is 4. The molecule has 0 bridgehead atoms. The van der Waals surface area contributed by atoms with Crippen molar-refractivity contribution in [1.29, 1.82) is 0 Å². The second-order valence-electron chi connectivity index (χ2n) is 5.13. The number of sulfonamides is 1. The number of nitrogens with one attached hydrogen (secondary N) is 2. The standard InChI is InChI=1S/C17H20N2O7S/c1-23-12-4-6-13(7-5-12)26-11-17(20)18-19-27(21,22)16-10-14(24-2)8-9-15(16)25-3/h4-10,19H,11H2,1-3H3,(H,18,20). The van der Waals surface area contributed by atoms with E-state index in [1.54, 1.807) is 30.3 Å². The zero-order valence-corrected chi connectivity index (χ0v) is 15.8. The highest BCUT2D eigenvalue weighted by Gasteiger charge is 2.21. The number of benzene rings is 2. The Labute approximate surface area is 157 Å². The van der Waals surface area contributed by atoms with E-state index < -0.39 is 15.9 Å². The van der Waals surface area contributed by atoms with Crippen molar-refractivity contribution >= 4 is 15.9 Å². The SMILES string of the molecule is COc1ccc(OCC(=O)NNS(=O)(=O)c2cc(OC)ccc2OC)cc1. The molecule has 0 spiro atoms. The van der Waals surface area contributed by atoms with Crippen LogP contribution in [0.25, 0.3) is 0 Å². The van der Waals surface area contributed by atoms with Crippen molar-refractivity contribution in [2.45, 2.75) is 4.90 Å². The number of carbonyl (C=O) groups excluding carboxylic acids is 1. The molecule has 0 aliphatic rings. The lowest BCUT2D eigenvalue weighted by Crippen LogP contribution is -2.43. The van der Waals surface area contributed by atoms with Crippen molar-refractivity contribution in [2.24, 2.45) is 0 Å². The van der Waals surface area contributed by atoms with Crippen molar-refractivity contribution in [2.75, 3.05) is 27.9 Å². The first kappa shape index (κ1) is 20.3. The third-order valence-electron chi connectivity index (χ3n) is 3.41. The zero-order chi connectivity index (χ0) is 19.9. The predicted octanol–water partition coefficient (Wildman–Crippen LogP) is 1.10. The number of rotatable bonds is 9. The van der Waals surface area contributed by atoms with E-state index in [9.17, 15) is 13.2 Å². The number of carbonyl (C=O) groups is 1. The Hall–Kier alpha value is -2.98. The Balaban J connectivity index is 1.97. The molecule has 146 valence electrons. The molecule has 0 saturated carbocycles. The summed E-state index contributed by atoms with van der Waals surface area (Å²) in [5.74, 6) is 0.823. The molecule has 10 heteroatoms. The van der Waals surface area contributed by atoms with Gasteiger partial charge in [0.15, 0.2) is 6.61 Å². The van der Waals surface area contributed by atoms with Gasteiger partial charge in [0.2, 0.25) is 0 Å². The second kappa shape index (κ2) is 9.10. The molecule has 27 heavy (non-hydrogen) atoms. The highest BCUT2D eigenvalue weighted by molar-refractivity contribution is 7.89. The molecule has 0 unspecified atom stereocenters. The predicted molar refractivity (Wildman–Crippen MR) is 96.5 cm³/mol. The van der Waals surface area contributed by atoms with Crippen LogP contribution in [0.2, 0.25) is 0 Å². The Bertz CT molecular complexity index is 883. The molecule has 2 aromatic carbocycles.